The number of nitrogens with one attached hydrogen (secondary N) is 1. The third-order valence-electron chi connectivity index (χ3n) is 5.05. The summed E-state index contributed by atoms with van der Waals surface area (Å²) in [4.78, 5) is 38.3. The zero-order valence-electron chi connectivity index (χ0n) is 14.0. The summed E-state index contributed by atoms with van der Waals surface area (Å²) < 4.78 is 1.15. The normalized spacial score (nSPS) is 22.3. The summed E-state index contributed by atoms with van der Waals surface area (Å²) in [5.41, 5.74) is -0.0536. The zero-order chi connectivity index (χ0) is 17.1. The molecule has 1 aromatic rings. The molecule has 1 atom stereocenters. The molecule has 2 amide bonds. The maximum absolute atomic E-state index is 12.8. The van der Waals surface area contributed by atoms with Gasteiger partial charge in [0.1, 0.15) is 11.7 Å². The number of hydrogen-bond acceptors (Lipinski definition) is 4. The van der Waals surface area contributed by atoms with Crippen LogP contribution in [-0.2, 0) is 11.8 Å². The largest absolute Gasteiger partial charge is 0.353 e. The van der Waals surface area contributed by atoms with Crippen LogP contribution in [0.15, 0.2) is 16.9 Å². The van der Waals surface area contributed by atoms with Crippen molar-refractivity contribution in [3.05, 3.63) is 28.2 Å². The molecule has 1 unspecified atom stereocenters. The third-order valence-corrected chi connectivity index (χ3v) is 5.05. The lowest BCUT2D eigenvalue weighted by atomic mass is 9.84. The molecule has 1 saturated heterocycles. The number of nitrogens with zero attached hydrogens (tertiary/aromatic N) is 3. The minimum Gasteiger partial charge on any atom is -0.353 e. The fourth-order valence-corrected chi connectivity index (χ4v) is 3.69. The lowest BCUT2D eigenvalue weighted by Gasteiger charge is -2.37. The number of carbonyl (C=O) groups excluding carboxylic acids is 2. The Morgan fingerprint density at radius 1 is 1.25 bits per heavy atom. The van der Waals surface area contributed by atoms with Gasteiger partial charge in [0.15, 0.2) is 0 Å². The van der Waals surface area contributed by atoms with Crippen LogP contribution >= 0.6 is 0 Å². The van der Waals surface area contributed by atoms with E-state index in [9.17, 15) is 14.4 Å². The molecule has 0 radical (unpaired) electrons. The first-order valence-electron chi connectivity index (χ1n) is 8.69. The third kappa shape index (κ3) is 3.49. The maximum atomic E-state index is 12.8. The number of rotatable bonds is 3. The van der Waals surface area contributed by atoms with Crippen molar-refractivity contribution in [2.75, 3.05) is 13.1 Å². The lowest BCUT2D eigenvalue weighted by molar-refractivity contribution is -0.128. The van der Waals surface area contributed by atoms with E-state index >= 15 is 0 Å². The van der Waals surface area contributed by atoms with E-state index in [-0.39, 0.29) is 23.1 Å². The quantitative estimate of drug-likeness (QED) is 0.883. The highest BCUT2D eigenvalue weighted by molar-refractivity contribution is 5.96. The highest BCUT2D eigenvalue weighted by atomic mass is 16.2. The van der Waals surface area contributed by atoms with Crippen LogP contribution in [0, 0.1) is 5.92 Å². The van der Waals surface area contributed by atoms with Crippen LogP contribution in [0.1, 0.15) is 49.0 Å². The van der Waals surface area contributed by atoms with Gasteiger partial charge in [-0.3, -0.25) is 14.4 Å². The van der Waals surface area contributed by atoms with Crippen LogP contribution in [0.2, 0.25) is 0 Å². The van der Waals surface area contributed by atoms with Crippen molar-refractivity contribution in [1.82, 2.24) is 20.0 Å². The predicted octanol–water partition coefficient (Wildman–Crippen LogP) is 0.691. The summed E-state index contributed by atoms with van der Waals surface area (Å²) in [6.07, 6.45) is 6.64. The van der Waals surface area contributed by atoms with Crippen molar-refractivity contribution in [2.45, 2.75) is 44.6 Å². The van der Waals surface area contributed by atoms with Crippen LogP contribution in [0.4, 0.5) is 0 Å². The molecule has 2 heterocycles. The highest BCUT2D eigenvalue weighted by Crippen LogP contribution is 2.29. The molecule has 7 nitrogen and oxygen atoms in total. The topological polar surface area (TPSA) is 84.3 Å². The van der Waals surface area contributed by atoms with Gasteiger partial charge >= 0.3 is 0 Å². The predicted molar refractivity (Wildman–Crippen MR) is 88.5 cm³/mol. The van der Waals surface area contributed by atoms with Crippen molar-refractivity contribution in [3.63, 3.8) is 0 Å². The summed E-state index contributed by atoms with van der Waals surface area (Å²) >= 11 is 0. The Bertz CT molecular complexity index is 679. The average Bonchev–Trinajstić information content (AvgIpc) is 2.59. The maximum Gasteiger partial charge on any atom is 0.275 e. The van der Waals surface area contributed by atoms with E-state index < -0.39 is 6.04 Å². The Morgan fingerprint density at radius 2 is 2.00 bits per heavy atom. The monoisotopic (exact) mass is 332 g/mol. The molecular formula is C17H24N4O3. The highest BCUT2D eigenvalue weighted by Gasteiger charge is 2.36. The molecule has 2 fully saturated rings. The standard InChI is InChI=1S/C17H24N4O3/c1-20-15(22)8-7-13(19-20)17(24)21-10-9-18-16(23)14(21)11-12-5-3-2-4-6-12/h7-8,12,14H,2-6,9-11H2,1H3,(H,18,23). The van der Waals surface area contributed by atoms with Crippen molar-refractivity contribution in [1.29, 1.82) is 0 Å². The molecule has 0 aromatic carbocycles. The second-order valence-corrected chi connectivity index (χ2v) is 6.73. The zero-order valence-corrected chi connectivity index (χ0v) is 14.0. The van der Waals surface area contributed by atoms with E-state index in [0.29, 0.717) is 25.4 Å². The van der Waals surface area contributed by atoms with Gasteiger partial charge in [-0.2, -0.15) is 5.10 Å². The Hall–Kier alpha value is -2.18. The summed E-state index contributed by atoms with van der Waals surface area (Å²) in [7, 11) is 1.52. The van der Waals surface area contributed by atoms with Crippen molar-refractivity contribution in [3.8, 4) is 0 Å². The van der Waals surface area contributed by atoms with E-state index in [0.717, 1.165) is 17.5 Å². The number of piperazine rings is 1. The van der Waals surface area contributed by atoms with E-state index in [4.69, 9.17) is 0 Å². The van der Waals surface area contributed by atoms with Crippen LogP contribution < -0.4 is 10.9 Å². The molecule has 3 rings (SSSR count). The van der Waals surface area contributed by atoms with Gasteiger partial charge in [-0.15, -0.1) is 0 Å². The molecule has 130 valence electrons. The molecule has 1 aromatic heterocycles. The Morgan fingerprint density at radius 3 is 2.71 bits per heavy atom. The fourth-order valence-electron chi connectivity index (χ4n) is 3.69. The van der Waals surface area contributed by atoms with Crippen molar-refractivity contribution < 1.29 is 9.59 Å². The van der Waals surface area contributed by atoms with E-state index in [2.05, 4.69) is 10.4 Å². The van der Waals surface area contributed by atoms with E-state index in [1.807, 2.05) is 0 Å². The molecule has 1 aliphatic heterocycles. The number of aromatic nitrogens is 2. The first-order chi connectivity index (χ1) is 11.6. The minimum absolute atomic E-state index is 0.0787. The van der Waals surface area contributed by atoms with Gasteiger partial charge in [-0.1, -0.05) is 32.1 Å². The summed E-state index contributed by atoms with van der Waals surface area (Å²) in [6.45, 7) is 0.935. The average molecular weight is 332 g/mol. The molecule has 1 N–H and O–H groups in total. The molecule has 24 heavy (non-hydrogen) atoms. The number of carbonyl (C=O) groups is 2. The molecule has 1 saturated carbocycles. The van der Waals surface area contributed by atoms with Crippen molar-refractivity contribution in [2.24, 2.45) is 13.0 Å². The molecule has 2 aliphatic rings. The SMILES string of the molecule is Cn1nc(C(=O)N2CCNC(=O)C2CC2CCCCC2)ccc1=O. The van der Waals surface area contributed by atoms with Crippen LogP contribution in [-0.4, -0.2) is 45.6 Å². The second kappa shape index (κ2) is 7.15. The van der Waals surface area contributed by atoms with Gasteiger partial charge in [0.2, 0.25) is 5.91 Å². The van der Waals surface area contributed by atoms with E-state index in [1.54, 1.807) is 4.90 Å². The van der Waals surface area contributed by atoms with Crippen LogP contribution in [0.5, 0.6) is 0 Å². The fraction of sp³-hybridized carbons (Fsp3) is 0.647. The smallest absolute Gasteiger partial charge is 0.275 e. The Kier molecular flexibility index (Phi) is 4.97. The van der Waals surface area contributed by atoms with Gasteiger partial charge < -0.3 is 10.2 Å². The number of aryl methyl sites for hydroxylation is 1. The molecule has 1 aliphatic carbocycles. The van der Waals surface area contributed by atoms with Crippen LogP contribution in [0.3, 0.4) is 0 Å². The Labute approximate surface area is 141 Å². The molecular weight excluding hydrogens is 308 g/mol. The van der Waals surface area contributed by atoms with Gasteiger partial charge in [0, 0.05) is 26.2 Å². The van der Waals surface area contributed by atoms with Crippen LogP contribution in [0.25, 0.3) is 0 Å². The second-order valence-electron chi connectivity index (χ2n) is 6.73. The lowest BCUT2D eigenvalue weighted by Crippen LogP contribution is -2.58. The summed E-state index contributed by atoms with van der Waals surface area (Å²) in [6, 6.07) is 2.34. The number of amides is 2. The summed E-state index contributed by atoms with van der Waals surface area (Å²) in [5, 5.41) is 6.91. The van der Waals surface area contributed by atoms with Gasteiger partial charge in [0.05, 0.1) is 0 Å². The first kappa shape index (κ1) is 16.7. The molecule has 0 bridgehead atoms. The van der Waals surface area contributed by atoms with Gasteiger partial charge in [-0.25, -0.2) is 4.68 Å². The van der Waals surface area contributed by atoms with Gasteiger partial charge in [-0.05, 0) is 18.4 Å². The van der Waals surface area contributed by atoms with Gasteiger partial charge in [0.25, 0.3) is 11.5 Å². The Balaban J connectivity index is 1.79. The number of hydrogen-bond donors (Lipinski definition) is 1. The first-order valence-corrected chi connectivity index (χ1v) is 8.69. The van der Waals surface area contributed by atoms with E-state index in [1.165, 1.54) is 38.4 Å². The minimum atomic E-state index is -0.437. The molecule has 7 heteroatoms. The van der Waals surface area contributed by atoms with Crippen molar-refractivity contribution >= 4 is 11.8 Å². The summed E-state index contributed by atoms with van der Waals surface area (Å²) in [5.74, 6) is 0.141. The molecule has 0 spiro atoms.